The van der Waals surface area contributed by atoms with Gasteiger partial charge in [-0.15, -0.1) is 0 Å². The van der Waals surface area contributed by atoms with E-state index in [-0.39, 0.29) is 11.4 Å². The summed E-state index contributed by atoms with van der Waals surface area (Å²) in [6.07, 6.45) is 5.21. The molecule has 0 radical (unpaired) electrons. The van der Waals surface area contributed by atoms with Crippen LogP contribution < -0.4 is 0 Å². The van der Waals surface area contributed by atoms with Crippen LogP contribution in [0.4, 0.5) is 0 Å². The molecule has 0 saturated carbocycles. The number of carbonyl (C=O) groups excluding carboxylic acids is 1. The Morgan fingerprint density at radius 1 is 1.36 bits per heavy atom. The van der Waals surface area contributed by atoms with Crippen molar-refractivity contribution < 1.29 is 9.53 Å². The van der Waals surface area contributed by atoms with E-state index in [2.05, 4.69) is 30.9 Å². The van der Waals surface area contributed by atoms with Crippen molar-refractivity contribution in [2.45, 2.75) is 39.0 Å². The summed E-state index contributed by atoms with van der Waals surface area (Å²) in [5.74, 6) is -0.323. The lowest BCUT2D eigenvalue weighted by molar-refractivity contribution is 0.0488. The SMILES string of the molecule is Cn1nc(C(C)(C)C)cc1C(=O)OCCCc1cccnc1. The molecule has 0 aliphatic rings. The lowest BCUT2D eigenvalue weighted by atomic mass is 9.92. The first-order valence-electron chi connectivity index (χ1n) is 7.48. The van der Waals surface area contributed by atoms with Crippen molar-refractivity contribution in [2.75, 3.05) is 6.61 Å². The Morgan fingerprint density at radius 2 is 2.14 bits per heavy atom. The van der Waals surface area contributed by atoms with Crippen molar-refractivity contribution in [3.05, 3.63) is 47.5 Å². The van der Waals surface area contributed by atoms with Gasteiger partial charge < -0.3 is 4.74 Å². The summed E-state index contributed by atoms with van der Waals surface area (Å²) in [5, 5.41) is 4.39. The molecule has 118 valence electrons. The molecule has 0 fully saturated rings. The summed E-state index contributed by atoms with van der Waals surface area (Å²) < 4.78 is 6.92. The van der Waals surface area contributed by atoms with E-state index in [9.17, 15) is 4.79 Å². The largest absolute Gasteiger partial charge is 0.461 e. The molecular formula is C17H23N3O2. The minimum atomic E-state index is -0.323. The van der Waals surface area contributed by atoms with E-state index in [0.29, 0.717) is 12.3 Å². The van der Waals surface area contributed by atoms with Gasteiger partial charge in [0, 0.05) is 24.9 Å². The van der Waals surface area contributed by atoms with Crippen LogP contribution in [0.25, 0.3) is 0 Å². The maximum atomic E-state index is 12.1. The lowest BCUT2D eigenvalue weighted by Crippen LogP contribution is -2.12. The van der Waals surface area contributed by atoms with Gasteiger partial charge in [0.2, 0.25) is 0 Å². The van der Waals surface area contributed by atoms with Crippen molar-refractivity contribution >= 4 is 5.97 Å². The second-order valence-corrected chi connectivity index (χ2v) is 6.39. The topological polar surface area (TPSA) is 57.0 Å². The highest BCUT2D eigenvalue weighted by Crippen LogP contribution is 2.21. The van der Waals surface area contributed by atoms with Crippen molar-refractivity contribution in [3.8, 4) is 0 Å². The van der Waals surface area contributed by atoms with Gasteiger partial charge in [-0.2, -0.15) is 5.10 Å². The third kappa shape index (κ3) is 4.16. The van der Waals surface area contributed by atoms with Crippen LogP contribution in [0.15, 0.2) is 30.6 Å². The van der Waals surface area contributed by atoms with Crippen molar-refractivity contribution in [1.82, 2.24) is 14.8 Å². The average molecular weight is 301 g/mol. The molecule has 0 aliphatic heterocycles. The third-order valence-corrected chi connectivity index (χ3v) is 3.42. The van der Waals surface area contributed by atoms with Gasteiger partial charge in [-0.1, -0.05) is 26.8 Å². The summed E-state index contributed by atoms with van der Waals surface area (Å²) >= 11 is 0. The summed E-state index contributed by atoms with van der Waals surface area (Å²) in [6.45, 7) is 6.60. The molecule has 2 rings (SSSR count). The van der Waals surface area contributed by atoms with E-state index < -0.39 is 0 Å². The van der Waals surface area contributed by atoms with Crippen molar-refractivity contribution in [3.63, 3.8) is 0 Å². The molecule has 0 N–H and O–H groups in total. The molecule has 0 aromatic carbocycles. The molecule has 5 heteroatoms. The summed E-state index contributed by atoms with van der Waals surface area (Å²) in [6, 6.07) is 5.74. The molecule has 0 amide bonds. The Kier molecular flexibility index (Phi) is 4.96. The Morgan fingerprint density at radius 3 is 2.73 bits per heavy atom. The first-order chi connectivity index (χ1) is 10.4. The molecular weight excluding hydrogens is 278 g/mol. The van der Waals surface area contributed by atoms with Gasteiger partial charge in [0.25, 0.3) is 0 Å². The molecule has 0 unspecified atom stereocenters. The quantitative estimate of drug-likeness (QED) is 0.629. The van der Waals surface area contributed by atoms with Gasteiger partial charge in [-0.3, -0.25) is 9.67 Å². The molecule has 0 bridgehead atoms. The standard InChI is InChI=1S/C17H23N3O2/c1-17(2,3)15-11-14(20(4)19-15)16(21)22-10-6-8-13-7-5-9-18-12-13/h5,7,9,11-12H,6,8,10H2,1-4H3. The van der Waals surface area contributed by atoms with E-state index in [1.165, 1.54) is 0 Å². The Labute approximate surface area is 131 Å². The zero-order valence-corrected chi connectivity index (χ0v) is 13.7. The van der Waals surface area contributed by atoms with Gasteiger partial charge in [-0.25, -0.2) is 4.79 Å². The van der Waals surface area contributed by atoms with Gasteiger partial charge in [0.15, 0.2) is 0 Å². The van der Waals surface area contributed by atoms with Gasteiger partial charge in [-0.05, 0) is 30.5 Å². The number of pyridine rings is 1. The van der Waals surface area contributed by atoms with Crippen molar-refractivity contribution in [1.29, 1.82) is 0 Å². The first kappa shape index (κ1) is 16.2. The van der Waals surface area contributed by atoms with E-state index in [4.69, 9.17) is 4.74 Å². The van der Waals surface area contributed by atoms with E-state index in [0.717, 1.165) is 24.1 Å². The average Bonchev–Trinajstić information content (AvgIpc) is 2.87. The van der Waals surface area contributed by atoms with Crippen LogP contribution in [0.2, 0.25) is 0 Å². The highest BCUT2D eigenvalue weighted by Gasteiger charge is 2.22. The highest BCUT2D eigenvalue weighted by molar-refractivity contribution is 5.87. The van der Waals surface area contributed by atoms with E-state index in [1.54, 1.807) is 17.9 Å². The fourth-order valence-electron chi connectivity index (χ4n) is 2.09. The Balaban J connectivity index is 1.86. The fraction of sp³-hybridized carbons (Fsp3) is 0.471. The first-order valence-corrected chi connectivity index (χ1v) is 7.48. The van der Waals surface area contributed by atoms with Gasteiger partial charge in [0.1, 0.15) is 5.69 Å². The van der Waals surface area contributed by atoms with Crippen LogP contribution in [-0.4, -0.2) is 27.3 Å². The van der Waals surface area contributed by atoms with Crippen LogP contribution in [-0.2, 0) is 23.6 Å². The van der Waals surface area contributed by atoms with Crippen molar-refractivity contribution in [2.24, 2.45) is 7.05 Å². The van der Waals surface area contributed by atoms with Gasteiger partial charge in [0.05, 0.1) is 12.3 Å². The van der Waals surface area contributed by atoms with E-state index in [1.807, 2.05) is 24.4 Å². The van der Waals surface area contributed by atoms with Crippen LogP contribution in [0, 0.1) is 0 Å². The summed E-state index contributed by atoms with van der Waals surface area (Å²) in [7, 11) is 1.77. The monoisotopic (exact) mass is 301 g/mol. The number of carbonyl (C=O) groups is 1. The number of rotatable bonds is 5. The summed E-state index contributed by atoms with van der Waals surface area (Å²) in [4.78, 5) is 16.2. The van der Waals surface area contributed by atoms with Crippen LogP contribution in [0.1, 0.15) is 48.9 Å². The number of aromatic nitrogens is 3. The molecule has 0 atom stereocenters. The van der Waals surface area contributed by atoms with Crippen LogP contribution in [0.5, 0.6) is 0 Å². The maximum absolute atomic E-state index is 12.1. The molecule has 2 aromatic heterocycles. The molecule has 5 nitrogen and oxygen atoms in total. The zero-order valence-electron chi connectivity index (χ0n) is 13.7. The number of hydrogen-bond donors (Lipinski definition) is 0. The van der Waals surface area contributed by atoms with Crippen LogP contribution in [0.3, 0.4) is 0 Å². The maximum Gasteiger partial charge on any atom is 0.356 e. The number of ether oxygens (including phenoxy) is 1. The minimum absolute atomic E-state index is 0.0867. The Hall–Kier alpha value is -2.17. The Bertz CT molecular complexity index is 627. The van der Waals surface area contributed by atoms with E-state index >= 15 is 0 Å². The molecule has 0 aliphatic carbocycles. The second-order valence-electron chi connectivity index (χ2n) is 6.39. The molecule has 22 heavy (non-hydrogen) atoms. The number of hydrogen-bond acceptors (Lipinski definition) is 4. The fourth-order valence-corrected chi connectivity index (χ4v) is 2.09. The number of aryl methyl sites for hydroxylation is 2. The smallest absolute Gasteiger partial charge is 0.356 e. The molecule has 2 heterocycles. The summed E-state index contributed by atoms with van der Waals surface area (Å²) in [5.41, 5.74) is 2.44. The number of nitrogens with zero attached hydrogens (tertiary/aromatic N) is 3. The third-order valence-electron chi connectivity index (χ3n) is 3.42. The predicted octanol–water partition coefficient (Wildman–Crippen LogP) is 2.90. The van der Waals surface area contributed by atoms with Gasteiger partial charge >= 0.3 is 5.97 Å². The molecule has 0 spiro atoms. The normalized spacial score (nSPS) is 11.5. The minimum Gasteiger partial charge on any atom is -0.461 e. The lowest BCUT2D eigenvalue weighted by Gasteiger charge is -2.13. The zero-order chi connectivity index (χ0) is 16.2. The number of esters is 1. The highest BCUT2D eigenvalue weighted by atomic mass is 16.5. The molecule has 2 aromatic rings. The van der Waals surface area contributed by atoms with Crippen LogP contribution >= 0.6 is 0 Å². The predicted molar refractivity (Wildman–Crippen MR) is 84.7 cm³/mol. The second kappa shape index (κ2) is 6.73. The molecule has 0 saturated heterocycles.